The first-order chi connectivity index (χ1) is 17.3. The van der Waals surface area contributed by atoms with E-state index in [2.05, 4.69) is 40.4 Å². The summed E-state index contributed by atoms with van der Waals surface area (Å²) in [4.78, 5) is 17.6. The number of hydrogen-bond acceptors (Lipinski definition) is 5. The second kappa shape index (κ2) is 11.5. The molecule has 7 heteroatoms. The third kappa shape index (κ3) is 5.95. The normalized spacial score (nSPS) is 16.1. The van der Waals surface area contributed by atoms with Gasteiger partial charge in [-0.05, 0) is 63.6 Å². The molecule has 194 valence electrons. The van der Waals surface area contributed by atoms with Crippen molar-refractivity contribution >= 4 is 16.9 Å². The zero-order valence-corrected chi connectivity index (χ0v) is 22.0. The molecule has 4 rings (SSSR count). The highest BCUT2D eigenvalue weighted by molar-refractivity contribution is 5.85. The minimum absolute atomic E-state index is 0.227. The second-order valence-corrected chi connectivity index (χ2v) is 10.6. The smallest absolute Gasteiger partial charge is 0.225 e. The molecule has 1 aromatic carbocycles. The molecule has 1 fully saturated rings. The predicted molar refractivity (Wildman–Crippen MR) is 147 cm³/mol. The summed E-state index contributed by atoms with van der Waals surface area (Å²) in [6.45, 7) is 12.5. The first kappa shape index (κ1) is 26.3. The average Bonchev–Trinajstić information content (AvgIpc) is 3.25. The standard InChI is InChI=1S/C29H41FN6/c1-5-7-10-21-13-15-36(16-14-21)28-32-18-22(19-33-28)27(35(6-2)20-29(3,4)30)26-24(17-31)23-11-8-9-12-25(23)34-26/h5,8-9,11-12,18-19,21,27,34H,1,6-7,10,13-17,20,31H2,2-4H3. The molecule has 3 aromatic rings. The number of aromatic amines is 1. The molecule has 2 aromatic heterocycles. The number of halogens is 1. The molecule has 1 atom stereocenters. The van der Waals surface area contributed by atoms with E-state index in [0.29, 0.717) is 13.1 Å². The SMILES string of the molecule is C=CCCC1CCN(c2ncc(C(c3[nH]c4ccccc4c3CN)N(CC)CC(C)(C)F)cn2)CC1. The zero-order chi connectivity index (χ0) is 25.7. The number of anilines is 1. The molecular formula is C29H41FN6. The van der Waals surface area contributed by atoms with Crippen LogP contribution in [0.4, 0.5) is 10.3 Å². The minimum Gasteiger partial charge on any atom is -0.357 e. The van der Waals surface area contributed by atoms with Crippen LogP contribution in [0.25, 0.3) is 10.9 Å². The van der Waals surface area contributed by atoms with Crippen LogP contribution in [0.5, 0.6) is 0 Å². The van der Waals surface area contributed by atoms with E-state index >= 15 is 0 Å². The molecule has 0 bridgehead atoms. The van der Waals surface area contributed by atoms with E-state index in [1.807, 2.05) is 30.6 Å². The number of nitrogens with one attached hydrogen (secondary N) is 1. The summed E-state index contributed by atoms with van der Waals surface area (Å²) in [7, 11) is 0. The Kier molecular flexibility index (Phi) is 8.42. The summed E-state index contributed by atoms with van der Waals surface area (Å²) in [5, 5.41) is 1.10. The van der Waals surface area contributed by atoms with Crippen LogP contribution in [0.2, 0.25) is 0 Å². The van der Waals surface area contributed by atoms with Crippen molar-refractivity contribution in [3.8, 4) is 0 Å². The number of para-hydroxylation sites is 1. The van der Waals surface area contributed by atoms with Gasteiger partial charge in [-0.25, -0.2) is 14.4 Å². The fourth-order valence-electron chi connectivity index (χ4n) is 5.51. The third-order valence-electron chi connectivity index (χ3n) is 7.32. The lowest BCUT2D eigenvalue weighted by Gasteiger charge is -2.35. The Balaban J connectivity index is 1.65. The van der Waals surface area contributed by atoms with Crippen LogP contribution in [0.1, 0.15) is 69.3 Å². The van der Waals surface area contributed by atoms with Gasteiger partial charge in [0.2, 0.25) is 5.95 Å². The molecule has 0 amide bonds. The molecule has 1 unspecified atom stereocenters. The fraction of sp³-hybridized carbons (Fsp3) is 0.517. The second-order valence-electron chi connectivity index (χ2n) is 10.6. The third-order valence-corrected chi connectivity index (χ3v) is 7.32. The molecule has 3 heterocycles. The Hall–Kier alpha value is -2.77. The molecular weight excluding hydrogens is 451 g/mol. The van der Waals surface area contributed by atoms with Gasteiger partial charge in [-0.3, -0.25) is 4.90 Å². The number of aromatic nitrogens is 3. The summed E-state index contributed by atoms with van der Waals surface area (Å²) >= 11 is 0. The highest BCUT2D eigenvalue weighted by atomic mass is 19.1. The van der Waals surface area contributed by atoms with Crippen LogP contribution in [-0.4, -0.2) is 51.7 Å². The van der Waals surface area contributed by atoms with Crippen molar-refractivity contribution in [1.82, 2.24) is 19.9 Å². The Morgan fingerprint density at radius 3 is 2.56 bits per heavy atom. The Morgan fingerprint density at radius 2 is 1.94 bits per heavy atom. The Labute approximate surface area is 214 Å². The van der Waals surface area contributed by atoms with Gasteiger partial charge >= 0.3 is 0 Å². The topological polar surface area (TPSA) is 74.1 Å². The number of fused-ring (bicyclic) bond motifs is 1. The lowest BCUT2D eigenvalue weighted by molar-refractivity contribution is 0.108. The summed E-state index contributed by atoms with van der Waals surface area (Å²) in [6, 6.07) is 7.95. The summed E-state index contributed by atoms with van der Waals surface area (Å²) in [5.74, 6) is 1.52. The van der Waals surface area contributed by atoms with Gasteiger partial charge < -0.3 is 15.6 Å². The number of rotatable bonds is 11. The maximum absolute atomic E-state index is 14.9. The lowest BCUT2D eigenvalue weighted by Crippen LogP contribution is -2.39. The molecule has 3 N–H and O–H groups in total. The highest BCUT2D eigenvalue weighted by Gasteiger charge is 2.31. The molecule has 36 heavy (non-hydrogen) atoms. The predicted octanol–water partition coefficient (Wildman–Crippen LogP) is 5.76. The molecule has 0 spiro atoms. The van der Waals surface area contributed by atoms with Crippen molar-refractivity contribution in [2.24, 2.45) is 11.7 Å². The monoisotopic (exact) mass is 492 g/mol. The quantitative estimate of drug-likeness (QED) is 0.333. The maximum atomic E-state index is 14.9. The van der Waals surface area contributed by atoms with Crippen molar-refractivity contribution in [2.45, 2.75) is 64.7 Å². The molecule has 6 nitrogen and oxygen atoms in total. The number of allylic oxidation sites excluding steroid dienone is 1. The first-order valence-corrected chi connectivity index (χ1v) is 13.2. The maximum Gasteiger partial charge on any atom is 0.225 e. The fourth-order valence-corrected chi connectivity index (χ4v) is 5.51. The van der Waals surface area contributed by atoms with E-state index in [9.17, 15) is 4.39 Å². The Morgan fingerprint density at radius 1 is 1.25 bits per heavy atom. The van der Waals surface area contributed by atoms with Crippen molar-refractivity contribution in [3.63, 3.8) is 0 Å². The number of H-pyrrole nitrogens is 1. The molecule has 0 saturated carbocycles. The Bertz CT molecular complexity index is 1120. The van der Waals surface area contributed by atoms with Crippen LogP contribution in [-0.2, 0) is 6.54 Å². The molecule has 1 saturated heterocycles. The van der Waals surface area contributed by atoms with Crippen molar-refractivity contribution in [3.05, 3.63) is 66.1 Å². The molecule has 0 aliphatic carbocycles. The largest absolute Gasteiger partial charge is 0.357 e. The van der Waals surface area contributed by atoms with Gasteiger partial charge in [0.1, 0.15) is 5.67 Å². The number of piperidine rings is 1. The van der Waals surface area contributed by atoms with Crippen molar-refractivity contribution in [1.29, 1.82) is 0 Å². The number of nitrogens with two attached hydrogens (primary N) is 1. The van der Waals surface area contributed by atoms with Crippen LogP contribution in [0, 0.1) is 5.92 Å². The number of benzene rings is 1. The van der Waals surface area contributed by atoms with Crippen LogP contribution >= 0.6 is 0 Å². The van der Waals surface area contributed by atoms with Crippen molar-refractivity contribution < 1.29 is 4.39 Å². The first-order valence-electron chi connectivity index (χ1n) is 13.2. The van der Waals surface area contributed by atoms with Gasteiger partial charge in [-0.1, -0.05) is 31.2 Å². The molecule has 1 aliphatic rings. The van der Waals surface area contributed by atoms with Gasteiger partial charge in [0, 0.05) is 60.7 Å². The molecule has 0 radical (unpaired) electrons. The molecule has 1 aliphatic heterocycles. The zero-order valence-electron chi connectivity index (χ0n) is 22.0. The summed E-state index contributed by atoms with van der Waals surface area (Å²) in [5.41, 5.74) is 8.92. The van der Waals surface area contributed by atoms with E-state index in [1.54, 1.807) is 13.8 Å². The highest BCUT2D eigenvalue weighted by Crippen LogP contribution is 2.35. The van der Waals surface area contributed by atoms with Gasteiger partial charge in [-0.15, -0.1) is 6.58 Å². The lowest BCUT2D eigenvalue weighted by atomic mass is 9.92. The van der Waals surface area contributed by atoms with Crippen LogP contribution in [0.3, 0.4) is 0 Å². The summed E-state index contributed by atoms with van der Waals surface area (Å²) < 4.78 is 14.9. The van der Waals surface area contributed by atoms with Crippen molar-refractivity contribution in [2.75, 3.05) is 31.1 Å². The van der Waals surface area contributed by atoms with Gasteiger partial charge in [0.15, 0.2) is 0 Å². The van der Waals surface area contributed by atoms with E-state index < -0.39 is 5.67 Å². The van der Waals surface area contributed by atoms with Gasteiger partial charge in [-0.2, -0.15) is 0 Å². The number of nitrogens with zero attached hydrogens (tertiary/aromatic N) is 4. The van der Waals surface area contributed by atoms with E-state index in [-0.39, 0.29) is 12.6 Å². The van der Waals surface area contributed by atoms with Gasteiger partial charge in [0.25, 0.3) is 0 Å². The van der Waals surface area contributed by atoms with E-state index in [1.165, 1.54) is 6.42 Å². The summed E-state index contributed by atoms with van der Waals surface area (Å²) in [6.07, 6.45) is 10.5. The average molecular weight is 493 g/mol. The number of hydrogen-bond donors (Lipinski definition) is 2. The van der Waals surface area contributed by atoms with Gasteiger partial charge in [0.05, 0.1) is 6.04 Å². The minimum atomic E-state index is -1.35. The van der Waals surface area contributed by atoms with E-state index in [4.69, 9.17) is 15.7 Å². The van der Waals surface area contributed by atoms with Crippen LogP contribution < -0.4 is 10.6 Å². The number of alkyl halides is 1. The van der Waals surface area contributed by atoms with E-state index in [0.717, 1.165) is 71.9 Å². The van der Waals surface area contributed by atoms with Crippen LogP contribution in [0.15, 0.2) is 49.3 Å².